The summed E-state index contributed by atoms with van der Waals surface area (Å²) in [5, 5.41) is 22.0. The number of phenols is 1. The first-order chi connectivity index (χ1) is 26.8. The third kappa shape index (κ3) is 8.24. The number of benzene rings is 4. The minimum absolute atomic E-state index is 0.0894. The first-order valence-electron chi connectivity index (χ1n) is 19.4. The van der Waals surface area contributed by atoms with Crippen LogP contribution >= 0.6 is 15.9 Å². The zero-order chi connectivity index (χ0) is 37.9. The van der Waals surface area contributed by atoms with Crippen molar-refractivity contribution in [1.82, 2.24) is 9.80 Å². The van der Waals surface area contributed by atoms with Crippen molar-refractivity contribution in [3.63, 3.8) is 0 Å². The van der Waals surface area contributed by atoms with Crippen LogP contribution in [0.4, 0.5) is 0 Å². The highest BCUT2D eigenvalue weighted by atomic mass is 79.9. The van der Waals surface area contributed by atoms with Gasteiger partial charge in [0.05, 0.1) is 17.9 Å². The Kier molecular flexibility index (Phi) is 11.4. The molecule has 0 unspecified atom stereocenters. The zero-order valence-corrected chi connectivity index (χ0v) is 32.4. The average Bonchev–Trinajstić information content (AvgIpc) is 3.46. The van der Waals surface area contributed by atoms with E-state index in [1.807, 2.05) is 78.9 Å². The second-order valence-electron chi connectivity index (χ2n) is 15.2. The van der Waals surface area contributed by atoms with E-state index in [1.165, 1.54) is 5.56 Å². The first-order valence-corrected chi connectivity index (χ1v) is 20.2. The Labute approximate surface area is 331 Å². The van der Waals surface area contributed by atoms with Gasteiger partial charge in [0.2, 0.25) is 11.8 Å². The Balaban J connectivity index is 1.07. The van der Waals surface area contributed by atoms with Crippen LogP contribution in [0.15, 0.2) is 125 Å². The lowest BCUT2D eigenvalue weighted by Gasteiger charge is -2.43. The fraction of sp³-hybridized carbons (Fsp3) is 0.333. The molecule has 4 aromatic rings. The number of phenolic OH excluding ortho intramolecular Hbond substituents is 1. The number of imide groups is 1. The molecule has 3 aliphatic heterocycles. The number of nitrogens with zero attached hydrogens (tertiary/aromatic N) is 2. The number of halogens is 1. The van der Waals surface area contributed by atoms with Crippen LogP contribution in [0.5, 0.6) is 11.5 Å². The molecule has 282 valence electrons. The zero-order valence-electron chi connectivity index (χ0n) is 30.8. The fourth-order valence-electron chi connectivity index (χ4n) is 9.21. The molecule has 1 aliphatic carbocycles. The van der Waals surface area contributed by atoms with Crippen molar-refractivity contribution >= 4 is 46.5 Å². The standard InChI is InChI=1S/C45H46BBrN2O6/c47-35-17-18-40(50)33(25-35)24-32(31-12-6-2-7-13-31)16-19-41-42-34(29-54-37-14-8-3-9-15-37)26-38-43(39(42)27-46(53)55-41)45(52)49(44(38)51)36-20-22-48(23-21-36)28-30-10-4-1-5-11-30/h1-15,17-18,24-25,36,38-39,41,43,50,53H,16,19-23,26-29H2/b32-24-/t38-,39+,41-,43-/m1/s1. The molecule has 3 fully saturated rings. The lowest BCUT2D eigenvalue weighted by molar-refractivity contribution is -0.144. The Bertz CT molecular complexity index is 2050. The number of carbonyl (C=O) groups is 2. The quantitative estimate of drug-likeness (QED) is 0.0687. The highest BCUT2D eigenvalue weighted by Crippen LogP contribution is 2.51. The van der Waals surface area contributed by atoms with Crippen LogP contribution in [0.3, 0.4) is 0 Å². The summed E-state index contributed by atoms with van der Waals surface area (Å²) >= 11 is 3.54. The van der Waals surface area contributed by atoms with Gasteiger partial charge in [-0.15, -0.1) is 0 Å². The number of allylic oxidation sites excluding steroid dienone is 1. The molecule has 10 heteroatoms. The van der Waals surface area contributed by atoms with E-state index in [1.54, 1.807) is 17.0 Å². The van der Waals surface area contributed by atoms with Crippen LogP contribution in [0.2, 0.25) is 6.32 Å². The lowest BCUT2D eigenvalue weighted by Crippen LogP contribution is -2.48. The minimum Gasteiger partial charge on any atom is -0.507 e. The van der Waals surface area contributed by atoms with Gasteiger partial charge in [0.1, 0.15) is 18.1 Å². The maximum atomic E-state index is 14.6. The van der Waals surface area contributed by atoms with Crippen LogP contribution in [0.25, 0.3) is 11.6 Å². The second kappa shape index (κ2) is 16.7. The van der Waals surface area contributed by atoms with E-state index in [9.17, 15) is 19.7 Å². The molecule has 55 heavy (non-hydrogen) atoms. The Morgan fingerprint density at radius 3 is 2.31 bits per heavy atom. The largest absolute Gasteiger partial charge is 0.507 e. The number of hydrogen-bond acceptors (Lipinski definition) is 7. The molecule has 0 aromatic heterocycles. The summed E-state index contributed by atoms with van der Waals surface area (Å²) in [7, 11) is -1.08. The van der Waals surface area contributed by atoms with E-state index < -0.39 is 25.1 Å². The van der Waals surface area contributed by atoms with Gasteiger partial charge < -0.3 is 19.5 Å². The van der Waals surface area contributed by atoms with Gasteiger partial charge in [-0.2, -0.15) is 0 Å². The van der Waals surface area contributed by atoms with E-state index in [2.05, 4.69) is 45.1 Å². The van der Waals surface area contributed by atoms with Crippen LogP contribution in [-0.4, -0.2) is 70.7 Å². The van der Waals surface area contributed by atoms with Gasteiger partial charge in [0.15, 0.2) is 0 Å². The van der Waals surface area contributed by atoms with E-state index in [-0.39, 0.29) is 42.5 Å². The van der Waals surface area contributed by atoms with E-state index in [4.69, 9.17) is 9.39 Å². The molecule has 0 radical (unpaired) electrons. The molecule has 0 spiro atoms. The highest BCUT2D eigenvalue weighted by molar-refractivity contribution is 9.10. The molecule has 3 saturated heterocycles. The summed E-state index contributed by atoms with van der Waals surface area (Å²) in [4.78, 5) is 33.0. The maximum absolute atomic E-state index is 14.6. The SMILES string of the molecule is O=C1[C@@H]2[C@@H](CC(COc3ccccc3)=C3[C@@H](CC/C(=C/c4cc(Br)ccc4O)c4ccccc4)OB(O)C[C@@H]32)C(=O)N1C1CCN(Cc2ccccc2)CC1. The molecule has 3 heterocycles. The number of likely N-dealkylation sites (tertiary alicyclic amines) is 2. The topological polar surface area (TPSA) is 99.5 Å². The maximum Gasteiger partial charge on any atom is 0.455 e. The van der Waals surface area contributed by atoms with Gasteiger partial charge >= 0.3 is 7.12 Å². The number of para-hydroxylation sites is 1. The Morgan fingerprint density at radius 1 is 0.891 bits per heavy atom. The monoisotopic (exact) mass is 800 g/mol. The molecule has 2 amide bonds. The van der Waals surface area contributed by atoms with Crippen LogP contribution < -0.4 is 4.74 Å². The molecule has 4 aromatic carbocycles. The third-order valence-corrected chi connectivity index (χ3v) is 12.3. The lowest BCUT2D eigenvalue weighted by atomic mass is 9.58. The van der Waals surface area contributed by atoms with E-state index in [0.717, 1.165) is 65.0 Å². The number of ether oxygens (including phenoxy) is 1. The van der Waals surface area contributed by atoms with Crippen LogP contribution in [0, 0.1) is 17.8 Å². The minimum atomic E-state index is -1.08. The number of hydrogen-bond donors (Lipinski definition) is 2. The van der Waals surface area contributed by atoms with Crippen molar-refractivity contribution in [2.75, 3.05) is 19.7 Å². The number of fused-ring (bicyclic) bond motifs is 3. The molecule has 8 nitrogen and oxygen atoms in total. The number of aromatic hydroxyl groups is 1. The number of amides is 2. The normalized spacial score (nSPS) is 23.6. The summed E-state index contributed by atoms with van der Waals surface area (Å²) in [6.45, 7) is 2.75. The molecular formula is C45H46BBrN2O6. The van der Waals surface area contributed by atoms with Crippen LogP contribution in [0.1, 0.15) is 48.8 Å². The van der Waals surface area contributed by atoms with Gasteiger partial charge in [0, 0.05) is 35.7 Å². The summed E-state index contributed by atoms with van der Waals surface area (Å²) in [6.07, 6.45) is 4.76. The molecule has 8 rings (SSSR count). The summed E-state index contributed by atoms with van der Waals surface area (Å²) in [5.41, 5.74) is 5.93. The van der Waals surface area contributed by atoms with Crippen molar-refractivity contribution in [2.45, 2.75) is 57.1 Å². The van der Waals surface area contributed by atoms with Crippen molar-refractivity contribution in [2.24, 2.45) is 17.8 Å². The van der Waals surface area contributed by atoms with Gasteiger partial charge in [-0.1, -0.05) is 94.8 Å². The fourth-order valence-corrected chi connectivity index (χ4v) is 9.59. The smallest absolute Gasteiger partial charge is 0.455 e. The second-order valence-corrected chi connectivity index (χ2v) is 16.2. The van der Waals surface area contributed by atoms with Crippen molar-refractivity contribution in [1.29, 1.82) is 0 Å². The van der Waals surface area contributed by atoms with Gasteiger partial charge in [-0.25, -0.2) is 0 Å². The van der Waals surface area contributed by atoms with Gasteiger partial charge in [0.25, 0.3) is 0 Å². The number of piperidine rings is 1. The molecule has 0 saturated carbocycles. The third-order valence-electron chi connectivity index (χ3n) is 11.8. The molecule has 4 atom stereocenters. The summed E-state index contributed by atoms with van der Waals surface area (Å²) in [5.74, 6) is -0.683. The molecule has 2 N–H and O–H groups in total. The predicted molar refractivity (Wildman–Crippen MR) is 218 cm³/mol. The van der Waals surface area contributed by atoms with Gasteiger partial charge in [-0.05, 0) is 109 Å². The average molecular weight is 802 g/mol. The molecular weight excluding hydrogens is 755 g/mol. The molecule has 4 aliphatic rings. The number of carbonyl (C=O) groups excluding carboxylic acids is 2. The summed E-state index contributed by atoms with van der Waals surface area (Å²) < 4.78 is 13.6. The predicted octanol–water partition coefficient (Wildman–Crippen LogP) is 8.02. The summed E-state index contributed by atoms with van der Waals surface area (Å²) in [6, 6.07) is 35.3. The number of rotatable bonds is 11. The van der Waals surface area contributed by atoms with Gasteiger partial charge in [-0.3, -0.25) is 19.4 Å². The van der Waals surface area contributed by atoms with Crippen molar-refractivity contribution < 1.29 is 29.1 Å². The van der Waals surface area contributed by atoms with Crippen LogP contribution in [-0.2, 0) is 20.8 Å². The highest BCUT2D eigenvalue weighted by Gasteiger charge is 2.58. The van der Waals surface area contributed by atoms with Crippen molar-refractivity contribution in [3.05, 3.63) is 142 Å². The Hall–Kier alpha value is -4.48. The van der Waals surface area contributed by atoms with Crippen molar-refractivity contribution in [3.8, 4) is 11.5 Å². The molecule has 0 bridgehead atoms. The Morgan fingerprint density at radius 2 is 1.58 bits per heavy atom. The van der Waals surface area contributed by atoms with E-state index >= 15 is 0 Å². The first kappa shape index (κ1) is 37.4. The van der Waals surface area contributed by atoms with E-state index in [0.29, 0.717) is 24.8 Å².